The number of carbonyl (C=O) groups is 3. The number of Topliss-reactive ketones (excluding diaryl/α,β-unsaturated/α-hetero) is 1. The Hall–Kier alpha value is -5.03. The number of hydrogen-bond acceptors (Lipinski definition) is 15. The summed E-state index contributed by atoms with van der Waals surface area (Å²) in [5.41, 5.74) is 0.0912. The number of aliphatic hydroxyl groups is 2. The molecule has 9 unspecified atom stereocenters. The van der Waals surface area contributed by atoms with E-state index in [4.69, 9.17) is 23.9 Å². The lowest BCUT2D eigenvalue weighted by molar-refractivity contribution is -0.160. The second-order valence-electron chi connectivity index (χ2n) is 16.8. The van der Waals surface area contributed by atoms with Crippen molar-refractivity contribution in [2.75, 3.05) is 27.2 Å². The summed E-state index contributed by atoms with van der Waals surface area (Å²) in [5, 5.41) is 55.3. The van der Waals surface area contributed by atoms with Crippen molar-refractivity contribution in [2.45, 2.75) is 104 Å². The molecule has 1 amide bonds. The number of aliphatic hydroxyl groups excluding tert-OH is 2. The molecule has 6 N–H and O–H groups in total. The third-order valence-corrected chi connectivity index (χ3v) is 12.6. The molecule has 0 saturated carbocycles. The van der Waals surface area contributed by atoms with E-state index in [1.54, 1.807) is 65.8 Å². The minimum absolute atomic E-state index is 0.103. The van der Waals surface area contributed by atoms with Gasteiger partial charge in [-0.05, 0) is 27.0 Å². The third kappa shape index (κ3) is 7.78. The number of aliphatic imine (C=N–C) groups is 1. The summed E-state index contributed by atoms with van der Waals surface area (Å²) in [4.78, 5) is 48.3. The molecule has 5 bridgehead atoms. The van der Waals surface area contributed by atoms with Gasteiger partial charge in [0, 0.05) is 87.3 Å². The monoisotopic (exact) mass is 819 g/mol. The van der Waals surface area contributed by atoms with Gasteiger partial charge in [-0.2, -0.15) is 0 Å². The number of rotatable bonds is 2. The van der Waals surface area contributed by atoms with Gasteiger partial charge in [0.25, 0.3) is 11.7 Å². The number of allylic oxidation sites excluding steroid dienone is 4. The molecule has 9 atom stereocenters. The molecule has 4 heterocycles. The van der Waals surface area contributed by atoms with Gasteiger partial charge in [0.05, 0.1) is 47.1 Å². The van der Waals surface area contributed by atoms with Crippen LogP contribution in [-0.4, -0.2) is 118 Å². The zero-order chi connectivity index (χ0) is 43.3. The largest absolute Gasteiger partial charge is 0.507 e. The molecular weight excluding hydrogens is 762 g/mol. The van der Waals surface area contributed by atoms with Crippen molar-refractivity contribution in [3.05, 3.63) is 69.8 Å². The highest BCUT2D eigenvalue weighted by atomic mass is 16.7. The van der Waals surface area contributed by atoms with Crippen LogP contribution < -0.4 is 15.4 Å². The van der Waals surface area contributed by atoms with Gasteiger partial charge < -0.3 is 55.0 Å². The van der Waals surface area contributed by atoms with E-state index in [1.165, 1.54) is 27.2 Å². The maximum Gasteiger partial charge on any atom is 0.302 e. The molecule has 1 aromatic rings. The number of phenolic OH excluding ortho intramolecular Hbond substituents is 1. The standard InChI is InChI=1S/C43H57N5O11/c1-20-12-11-13-21(2)41(54)44-33-32-31(45-43(46-32)15-17-48(9)18-16-43)28-29(37(33)53)36(52)25(6)39-30(28)40(47-55)42(8,59-39)57-19-14-27(56-10)22(3)38(58-26(7)49)24(5)35(51)23(4)34(20)50/h11-14,19-20,22-24,27,34-35,38,46,50-52,55H,15-18H2,1-10H3,(H,44,54)/b12-11+,19-14+,21-13-,47-40-. The Bertz CT molecular complexity index is 2080. The topological polar surface area (TPSA) is 221 Å². The molecule has 0 aromatic heterocycles. The van der Waals surface area contributed by atoms with E-state index in [-0.39, 0.29) is 56.4 Å². The summed E-state index contributed by atoms with van der Waals surface area (Å²) in [6.07, 6.45) is 5.13. The van der Waals surface area contributed by atoms with Gasteiger partial charge in [0.1, 0.15) is 29.0 Å². The molecular formula is C43H57N5O11. The zero-order valence-electron chi connectivity index (χ0n) is 35.3. The number of ether oxygens (including phenoxy) is 4. The maximum atomic E-state index is 14.7. The van der Waals surface area contributed by atoms with Crippen molar-refractivity contribution in [3.8, 4) is 11.5 Å². The number of hydrogen-bond donors (Lipinski definition) is 6. The van der Waals surface area contributed by atoms with E-state index in [0.717, 1.165) is 0 Å². The number of nitrogens with zero attached hydrogens (tertiary/aromatic N) is 3. The molecule has 4 aliphatic heterocycles. The predicted molar refractivity (Wildman–Crippen MR) is 217 cm³/mol. The number of aromatic hydroxyl groups is 1. The lowest BCUT2D eigenvalue weighted by Crippen LogP contribution is -2.49. The molecule has 1 aromatic carbocycles. The van der Waals surface area contributed by atoms with E-state index in [0.29, 0.717) is 25.9 Å². The summed E-state index contributed by atoms with van der Waals surface area (Å²) in [7, 11) is 3.48. The Morgan fingerprint density at radius 2 is 1.68 bits per heavy atom. The molecule has 1 fully saturated rings. The van der Waals surface area contributed by atoms with E-state index in [9.17, 15) is 34.9 Å². The van der Waals surface area contributed by atoms with Crippen molar-refractivity contribution in [1.29, 1.82) is 0 Å². The van der Waals surface area contributed by atoms with Crippen molar-refractivity contribution >= 4 is 29.1 Å². The van der Waals surface area contributed by atoms with Crippen LogP contribution >= 0.6 is 0 Å². The quantitative estimate of drug-likeness (QED) is 0.143. The smallest absolute Gasteiger partial charge is 0.302 e. The summed E-state index contributed by atoms with van der Waals surface area (Å²) >= 11 is 0. The van der Waals surface area contributed by atoms with Crippen LogP contribution in [0.1, 0.15) is 88.4 Å². The Morgan fingerprint density at radius 1 is 1.00 bits per heavy atom. The van der Waals surface area contributed by atoms with Gasteiger partial charge in [-0.25, -0.2) is 0 Å². The van der Waals surface area contributed by atoms with Gasteiger partial charge in [-0.1, -0.05) is 51.1 Å². The number of carbonyl (C=O) groups excluding carboxylic acids is 3. The molecule has 5 aliphatic rings. The Morgan fingerprint density at radius 3 is 2.31 bits per heavy atom. The summed E-state index contributed by atoms with van der Waals surface area (Å²) in [6.45, 7) is 14.3. The SMILES string of the molecule is COC1/C=C/OC2(C)Oc3c(C)c(O)c4c(c3/C2=N/O)C2=NC3(CCN(C)CC3)NC2=C(NC(=O)/C(C)=C\C=C\C(C)C(O)C(C)C(O)C(C)C(OC(C)=O)C1C)C4=O. The number of nitrogens with one attached hydrogen (secondary N) is 2. The summed E-state index contributed by atoms with van der Waals surface area (Å²) < 4.78 is 24.2. The van der Waals surface area contributed by atoms with Crippen LogP contribution in [0.25, 0.3) is 0 Å². The van der Waals surface area contributed by atoms with Crippen LogP contribution in [0.5, 0.6) is 11.5 Å². The van der Waals surface area contributed by atoms with Gasteiger partial charge in [-0.3, -0.25) is 19.4 Å². The third-order valence-electron chi connectivity index (χ3n) is 12.6. The molecule has 1 spiro atoms. The number of esters is 1. The van der Waals surface area contributed by atoms with E-state index in [1.807, 2.05) is 7.05 Å². The average Bonchev–Trinajstić information content (AvgIpc) is 3.72. The van der Waals surface area contributed by atoms with E-state index in [2.05, 4.69) is 20.7 Å². The molecule has 6 rings (SSSR count). The van der Waals surface area contributed by atoms with Gasteiger partial charge in [0.15, 0.2) is 5.71 Å². The number of likely N-dealkylation sites (tertiary alicyclic amines) is 1. The van der Waals surface area contributed by atoms with Gasteiger partial charge in [0.2, 0.25) is 5.78 Å². The summed E-state index contributed by atoms with van der Waals surface area (Å²) in [5.74, 6) is -6.33. The van der Waals surface area contributed by atoms with Crippen LogP contribution in [0, 0.1) is 30.6 Å². The first-order valence-corrected chi connectivity index (χ1v) is 20.0. The Labute approximate surface area is 344 Å². The fourth-order valence-electron chi connectivity index (χ4n) is 8.79. The van der Waals surface area contributed by atoms with Crippen molar-refractivity contribution in [1.82, 2.24) is 15.5 Å². The molecule has 0 radical (unpaired) electrons. The number of piperidine rings is 1. The first kappa shape index (κ1) is 43.5. The first-order chi connectivity index (χ1) is 27.8. The zero-order valence-corrected chi connectivity index (χ0v) is 35.3. The molecule has 16 heteroatoms. The fourth-order valence-corrected chi connectivity index (χ4v) is 8.79. The van der Waals surface area contributed by atoms with Gasteiger partial charge in [-0.15, -0.1) is 0 Å². The fraction of sp³-hybridized carbons (Fsp3) is 0.558. The van der Waals surface area contributed by atoms with Crippen LogP contribution in [0.3, 0.4) is 0 Å². The number of fused-ring (bicyclic) bond motifs is 3. The van der Waals surface area contributed by atoms with Crippen molar-refractivity contribution in [2.24, 2.45) is 33.8 Å². The highest BCUT2D eigenvalue weighted by Crippen LogP contribution is 2.50. The van der Waals surface area contributed by atoms with Crippen LogP contribution in [0.4, 0.5) is 0 Å². The first-order valence-electron chi connectivity index (χ1n) is 20.0. The molecule has 59 heavy (non-hydrogen) atoms. The predicted octanol–water partition coefficient (Wildman–Crippen LogP) is 3.59. The lowest BCUT2D eigenvalue weighted by atomic mass is 9.78. The number of phenols is 1. The van der Waals surface area contributed by atoms with Crippen molar-refractivity contribution in [3.63, 3.8) is 0 Å². The second kappa shape index (κ2) is 16.6. The highest BCUT2D eigenvalue weighted by molar-refractivity contribution is 6.35. The average molecular weight is 820 g/mol. The number of ketones is 1. The lowest BCUT2D eigenvalue weighted by Gasteiger charge is -2.38. The number of oxime groups is 1. The minimum atomic E-state index is -1.81. The number of benzene rings is 1. The molecule has 320 valence electrons. The second-order valence-corrected chi connectivity index (χ2v) is 16.8. The molecule has 1 saturated heterocycles. The normalized spacial score (nSPS) is 35.2. The Balaban J connectivity index is 1.52. The Kier molecular flexibility index (Phi) is 12.2. The van der Waals surface area contributed by atoms with Gasteiger partial charge >= 0.3 is 5.97 Å². The minimum Gasteiger partial charge on any atom is -0.507 e. The van der Waals surface area contributed by atoms with Crippen LogP contribution in [0.15, 0.2) is 57.7 Å². The van der Waals surface area contributed by atoms with Crippen molar-refractivity contribution < 1.29 is 53.9 Å². The molecule has 16 nitrogen and oxygen atoms in total. The highest BCUT2D eigenvalue weighted by Gasteiger charge is 2.53. The number of amides is 1. The summed E-state index contributed by atoms with van der Waals surface area (Å²) in [6, 6.07) is 0. The maximum absolute atomic E-state index is 14.7. The molecule has 1 aliphatic carbocycles. The van der Waals surface area contributed by atoms with E-state index < -0.39 is 82.9 Å². The van der Waals surface area contributed by atoms with E-state index >= 15 is 0 Å². The van der Waals surface area contributed by atoms with Crippen LogP contribution in [0.2, 0.25) is 0 Å². The number of methoxy groups -OCH3 is 1. The van der Waals surface area contributed by atoms with Crippen LogP contribution in [-0.2, 0) is 23.8 Å².